The summed E-state index contributed by atoms with van der Waals surface area (Å²) in [7, 11) is 5.24. The lowest BCUT2D eigenvalue weighted by molar-refractivity contribution is -0.106. The largest absolute Gasteiger partial charge is 0.497 e. The first-order valence-corrected chi connectivity index (χ1v) is 11.0. The predicted octanol–water partition coefficient (Wildman–Crippen LogP) is 2.87. The maximum Gasteiger partial charge on any atom is 0.191 e. The fourth-order valence-corrected chi connectivity index (χ4v) is 5.44. The van der Waals surface area contributed by atoms with Crippen molar-refractivity contribution >= 4 is 29.9 Å². The SMILES string of the molecule is CN=C(NC1CCN(Cc2cc(OC)cc(OC)c2)C1)NC1C2CCOC2C1(C)C.I. The Labute approximate surface area is 203 Å². The monoisotopic (exact) mass is 544 g/mol. The topological polar surface area (TPSA) is 67.4 Å². The Kier molecular flexibility index (Phi) is 7.96. The minimum Gasteiger partial charge on any atom is -0.497 e. The number of nitrogens with zero attached hydrogens (tertiary/aromatic N) is 2. The number of guanidine groups is 1. The molecule has 4 rings (SSSR count). The fourth-order valence-electron chi connectivity index (χ4n) is 5.44. The van der Waals surface area contributed by atoms with E-state index in [1.807, 2.05) is 13.1 Å². The van der Waals surface area contributed by atoms with Crippen LogP contribution in [0.3, 0.4) is 0 Å². The summed E-state index contributed by atoms with van der Waals surface area (Å²) < 4.78 is 16.7. The standard InChI is InChI=1S/C23H36N4O3.HI/c1-23(2)20(19-7-9-30-21(19)23)26-22(24-3)25-16-6-8-27(14-16)13-15-10-17(28-4)12-18(11-15)29-5;/h10-12,16,19-21H,6-9,13-14H2,1-5H3,(H2,24,25,26);1H. The summed E-state index contributed by atoms with van der Waals surface area (Å²) in [5, 5.41) is 7.34. The molecule has 8 heteroatoms. The van der Waals surface area contributed by atoms with E-state index in [0.717, 1.165) is 56.5 Å². The average Bonchev–Trinajstić information content (AvgIpc) is 3.38. The minimum absolute atomic E-state index is 0. The lowest BCUT2D eigenvalue weighted by Crippen LogP contribution is -2.68. The third-order valence-electron chi connectivity index (χ3n) is 7.05. The molecule has 1 aromatic rings. The molecule has 4 unspecified atom stereocenters. The van der Waals surface area contributed by atoms with E-state index in [2.05, 4.69) is 46.5 Å². The molecule has 0 bridgehead atoms. The van der Waals surface area contributed by atoms with E-state index in [1.54, 1.807) is 14.2 Å². The van der Waals surface area contributed by atoms with Crippen LogP contribution < -0.4 is 20.1 Å². The first kappa shape index (κ1) is 24.4. The van der Waals surface area contributed by atoms with Crippen LogP contribution in [0.25, 0.3) is 0 Å². The molecule has 3 fully saturated rings. The van der Waals surface area contributed by atoms with Crippen LogP contribution in [0.4, 0.5) is 0 Å². The Morgan fingerprint density at radius 3 is 2.52 bits per heavy atom. The summed E-state index contributed by atoms with van der Waals surface area (Å²) in [5.74, 6) is 3.18. The summed E-state index contributed by atoms with van der Waals surface area (Å²) in [4.78, 5) is 6.98. The number of hydrogen-bond donors (Lipinski definition) is 2. The van der Waals surface area contributed by atoms with Gasteiger partial charge < -0.3 is 24.8 Å². The summed E-state index contributed by atoms with van der Waals surface area (Å²) in [6, 6.07) is 6.89. The predicted molar refractivity (Wildman–Crippen MR) is 134 cm³/mol. The molecular formula is C23H37IN4O3. The van der Waals surface area contributed by atoms with Crippen molar-refractivity contribution in [3.63, 3.8) is 0 Å². The van der Waals surface area contributed by atoms with Crippen LogP contribution in [0.15, 0.2) is 23.2 Å². The second-order valence-corrected chi connectivity index (χ2v) is 9.35. The number of rotatable bonds is 6. The van der Waals surface area contributed by atoms with Crippen molar-refractivity contribution in [3.05, 3.63) is 23.8 Å². The summed E-state index contributed by atoms with van der Waals surface area (Å²) in [6.45, 7) is 8.41. The van der Waals surface area contributed by atoms with Gasteiger partial charge in [0.2, 0.25) is 0 Å². The van der Waals surface area contributed by atoms with E-state index in [1.165, 1.54) is 5.56 Å². The first-order valence-electron chi connectivity index (χ1n) is 11.0. The number of hydrogen-bond acceptors (Lipinski definition) is 5. The Morgan fingerprint density at radius 2 is 1.87 bits per heavy atom. The van der Waals surface area contributed by atoms with Gasteiger partial charge in [0.15, 0.2) is 5.96 Å². The highest BCUT2D eigenvalue weighted by atomic mass is 127. The number of ether oxygens (including phenoxy) is 3. The Bertz CT molecular complexity index is 766. The zero-order chi connectivity index (χ0) is 21.3. The molecule has 0 aromatic heterocycles. The molecule has 2 heterocycles. The molecule has 2 aliphatic heterocycles. The third-order valence-corrected chi connectivity index (χ3v) is 7.05. The van der Waals surface area contributed by atoms with Gasteiger partial charge in [-0.05, 0) is 30.5 Å². The van der Waals surface area contributed by atoms with Crippen molar-refractivity contribution in [2.24, 2.45) is 16.3 Å². The van der Waals surface area contributed by atoms with Crippen LogP contribution in [0.5, 0.6) is 11.5 Å². The van der Waals surface area contributed by atoms with Crippen LogP contribution in [0.2, 0.25) is 0 Å². The van der Waals surface area contributed by atoms with Crippen LogP contribution >= 0.6 is 24.0 Å². The highest BCUT2D eigenvalue weighted by molar-refractivity contribution is 14.0. The normalized spacial score (nSPS) is 29.5. The van der Waals surface area contributed by atoms with Crippen molar-refractivity contribution in [3.8, 4) is 11.5 Å². The maximum atomic E-state index is 5.92. The molecule has 4 atom stereocenters. The van der Waals surface area contributed by atoms with Crippen LogP contribution in [-0.4, -0.2) is 70.0 Å². The molecule has 1 aromatic carbocycles. The van der Waals surface area contributed by atoms with Gasteiger partial charge in [0, 0.05) is 62.8 Å². The van der Waals surface area contributed by atoms with E-state index in [-0.39, 0.29) is 29.4 Å². The second kappa shape index (κ2) is 10.1. The third kappa shape index (κ3) is 5.06. The maximum absolute atomic E-state index is 5.92. The molecule has 2 saturated heterocycles. The lowest BCUT2D eigenvalue weighted by atomic mass is 9.57. The Morgan fingerprint density at radius 1 is 1.16 bits per heavy atom. The van der Waals surface area contributed by atoms with Gasteiger partial charge in [-0.15, -0.1) is 24.0 Å². The van der Waals surface area contributed by atoms with E-state index < -0.39 is 0 Å². The molecule has 2 N–H and O–H groups in total. The minimum atomic E-state index is 0. The van der Waals surface area contributed by atoms with E-state index in [4.69, 9.17) is 14.2 Å². The van der Waals surface area contributed by atoms with Crippen LogP contribution in [0, 0.1) is 11.3 Å². The van der Waals surface area contributed by atoms with Crippen molar-refractivity contribution < 1.29 is 14.2 Å². The summed E-state index contributed by atoms with van der Waals surface area (Å²) in [5.41, 5.74) is 1.35. The molecule has 7 nitrogen and oxygen atoms in total. The summed E-state index contributed by atoms with van der Waals surface area (Å²) in [6.07, 6.45) is 2.63. The zero-order valence-corrected chi connectivity index (χ0v) is 21.6. The van der Waals surface area contributed by atoms with E-state index in [9.17, 15) is 0 Å². The van der Waals surface area contributed by atoms with Crippen molar-refractivity contribution in [1.29, 1.82) is 0 Å². The first-order chi connectivity index (χ1) is 14.4. The highest BCUT2D eigenvalue weighted by Crippen LogP contribution is 2.52. The smallest absolute Gasteiger partial charge is 0.191 e. The Balaban J connectivity index is 0.00000272. The molecule has 0 amide bonds. The summed E-state index contributed by atoms with van der Waals surface area (Å²) >= 11 is 0. The molecule has 31 heavy (non-hydrogen) atoms. The number of halogens is 1. The van der Waals surface area contributed by atoms with Gasteiger partial charge >= 0.3 is 0 Å². The van der Waals surface area contributed by atoms with E-state index >= 15 is 0 Å². The zero-order valence-electron chi connectivity index (χ0n) is 19.3. The van der Waals surface area contributed by atoms with Gasteiger partial charge in [0.1, 0.15) is 11.5 Å². The van der Waals surface area contributed by atoms with Gasteiger partial charge in [-0.3, -0.25) is 9.89 Å². The molecular weight excluding hydrogens is 507 g/mol. The molecule has 1 saturated carbocycles. The molecule has 1 aliphatic carbocycles. The van der Waals surface area contributed by atoms with Crippen molar-refractivity contribution in [2.45, 2.75) is 51.4 Å². The number of nitrogens with one attached hydrogen (secondary N) is 2. The van der Waals surface area contributed by atoms with Gasteiger partial charge in [-0.25, -0.2) is 0 Å². The number of likely N-dealkylation sites (tertiary alicyclic amines) is 1. The Hall–Kier alpha value is -1.26. The quantitative estimate of drug-likeness (QED) is 0.326. The highest BCUT2D eigenvalue weighted by Gasteiger charge is 2.59. The van der Waals surface area contributed by atoms with E-state index in [0.29, 0.717) is 24.1 Å². The fraction of sp³-hybridized carbons (Fsp3) is 0.696. The number of methoxy groups -OCH3 is 2. The molecule has 0 spiro atoms. The average molecular weight is 544 g/mol. The van der Waals surface area contributed by atoms with Crippen molar-refractivity contribution in [2.75, 3.05) is 41.0 Å². The number of fused-ring (bicyclic) bond motifs is 1. The lowest BCUT2D eigenvalue weighted by Gasteiger charge is -2.55. The number of benzene rings is 1. The molecule has 174 valence electrons. The van der Waals surface area contributed by atoms with Crippen LogP contribution in [-0.2, 0) is 11.3 Å². The van der Waals surface area contributed by atoms with Gasteiger partial charge in [0.05, 0.1) is 20.3 Å². The van der Waals surface area contributed by atoms with Gasteiger partial charge in [-0.1, -0.05) is 13.8 Å². The van der Waals surface area contributed by atoms with Crippen LogP contribution in [0.1, 0.15) is 32.3 Å². The number of aliphatic imine (C=N–C) groups is 1. The molecule has 0 radical (unpaired) electrons. The second-order valence-electron chi connectivity index (χ2n) is 9.35. The molecule has 3 aliphatic rings. The van der Waals surface area contributed by atoms with Gasteiger partial charge in [-0.2, -0.15) is 0 Å². The van der Waals surface area contributed by atoms with Crippen molar-refractivity contribution in [1.82, 2.24) is 15.5 Å². The van der Waals surface area contributed by atoms with Gasteiger partial charge in [0.25, 0.3) is 0 Å².